The highest BCUT2D eigenvalue weighted by Gasteiger charge is 2.32. The Morgan fingerprint density at radius 2 is 1.89 bits per heavy atom. The SMILES string of the molecule is CCN(CC)S(=O)(=O)c1scc(N(C)c2n[s+]([O-])nc2N[C@@H](c2cc(C(C)C)co2)C(C)C)c1O. The van der Waals surface area contributed by atoms with E-state index in [1.807, 2.05) is 19.9 Å². The molecule has 0 amide bonds. The average molecular weight is 544 g/mol. The molecule has 3 aromatic rings. The third-order valence-electron chi connectivity index (χ3n) is 5.79. The first-order valence-electron chi connectivity index (χ1n) is 11.4. The Morgan fingerprint density at radius 3 is 2.43 bits per heavy atom. The summed E-state index contributed by atoms with van der Waals surface area (Å²) in [7, 11) is -2.23. The molecule has 3 aromatic heterocycles. The van der Waals surface area contributed by atoms with Crippen LogP contribution in [0.4, 0.5) is 17.3 Å². The molecule has 3 rings (SSSR count). The molecule has 0 bridgehead atoms. The van der Waals surface area contributed by atoms with Crippen molar-refractivity contribution in [1.29, 1.82) is 0 Å². The number of aromatic hydroxyl groups is 1. The normalized spacial score (nSPS) is 13.7. The molecule has 0 saturated heterocycles. The van der Waals surface area contributed by atoms with Crippen LogP contribution in [0.25, 0.3) is 0 Å². The number of sulfonamides is 1. The lowest BCUT2D eigenvalue weighted by Crippen LogP contribution is -2.30. The summed E-state index contributed by atoms with van der Waals surface area (Å²) in [6, 6.07) is 1.72. The van der Waals surface area contributed by atoms with Crippen LogP contribution >= 0.6 is 22.5 Å². The summed E-state index contributed by atoms with van der Waals surface area (Å²) < 4.78 is 53.4. The number of aromatic nitrogens is 2. The van der Waals surface area contributed by atoms with Crippen LogP contribution in [0, 0.1) is 5.92 Å². The Balaban J connectivity index is 1.96. The highest BCUT2D eigenvalue weighted by molar-refractivity contribution is 7.91. The monoisotopic (exact) mass is 543 g/mol. The van der Waals surface area contributed by atoms with Crippen molar-refractivity contribution in [2.24, 2.45) is 5.92 Å². The summed E-state index contributed by atoms with van der Waals surface area (Å²) in [6.07, 6.45) is 1.73. The lowest BCUT2D eigenvalue weighted by molar-refractivity contribution is 0.420. The van der Waals surface area contributed by atoms with Gasteiger partial charge in [-0.2, -0.15) is 4.31 Å². The van der Waals surface area contributed by atoms with Crippen LogP contribution in [0.5, 0.6) is 5.75 Å². The zero-order valence-electron chi connectivity index (χ0n) is 21.0. The predicted octanol–water partition coefficient (Wildman–Crippen LogP) is 5.30. The van der Waals surface area contributed by atoms with Crippen molar-refractivity contribution in [1.82, 2.24) is 13.1 Å². The number of nitrogens with zero attached hydrogens (tertiary/aromatic N) is 4. The topological polar surface area (TPSA) is 135 Å². The third kappa shape index (κ3) is 5.48. The first kappa shape index (κ1) is 27.4. The Bertz CT molecular complexity index is 1240. The van der Waals surface area contributed by atoms with Gasteiger partial charge in [-0.05, 0) is 23.5 Å². The van der Waals surface area contributed by atoms with E-state index in [0.29, 0.717) is 5.92 Å². The lowest BCUT2D eigenvalue weighted by atomic mass is 9.99. The molecular formula is C22H33N5O5S3. The molecule has 0 radical (unpaired) electrons. The maximum absolute atomic E-state index is 12.9. The molecule has 0 aliphatic heterocycles. The second kappa shape index (κ2) is 10.8. The van der Waals surface area contributed by atoms with Gasteiger partial charge in [0.1, 0.15) is 5.76 Å². The molecule has 0 aliphatic carbocycles. The Kier molecular flexibility index (Phi) is 8.48. The molecule has 0 aliphatic rings. The van der Waals surface area contributed by atoms with Gasteiger partial charge in [0.15, 0.2) is 21.1 Å². The van der Waals surface area contributed by atoms with E-state index in [-0.39, 0.29) is 52.3 Å². The van der Waals surface area contributed by atoms with Crippen LogP contribution < -0.4 is 10.2 Å². The van der Waals surface area contributed by atoms with Crippen molar-refractivity contribution < 1.29 is 22.5 Å². The number of furan rings is 1. The Labute approximate surface area is 213 Å². The van der Waals surface area contributed by atoms with Crippen LogP contribution in [0.1, 0.15) is 64.8 Å². The minimum absolute atomic E-state index is 0.102. The standard InChI is InChI=1S/C22H33N5O5S3/c1-8-27(9-2)35(30,31)22-19(28)16(12-33-22)26(7)21-20(24-34(29)25-21)23-18(14(5)6)17-10-15(11-32-17)13(3)4/h10-14,18,28H,8-9H2,1-7H3,(H,23,24)/t18-,34?/m1/s1. The first-order chi connectivity index (χ1) is 16.4. The van der Waals surface area contributed by atoms with Crippen LogP contribution in [-0.2, 0) is 10.0 Å². The summed E-state index contributed by atoms with van der Waals surface area (Å²) in [5, 5.41) is 15.7. The summed E-state index contributed by atoms with van der Waals surface area (Å²) >= 11 is -0.931. The lowest BCUT2D eigenvalue weighted by Gasteiger charge is -2.22. The van der Waals surface area contributed by atoms with Gasteiger partial charge in [-0.15, -0.1) is 11.3 Å². The number of rotatable bonds is 11. The molecule has 1 unspecified atom stereocenters. The van der Waals surface area contributed by atoms with Crippen LogP contribution in [0.2, 0.25) is 0 Å². The molecule has 10 nitrogen and oxygen atoms in total. The minimum Gasteiger partial charge on any atom is -0.546 e. The highest BCUT2D eigenvalue weighted by Crippen LogP contribution is 2.45. The Hall–Kier alpha value is -2.19. The van der Waals surface area contributed by atoms with E-state index in [9.17, 15) is 18.1 Å². The van der Waals surface area contributed by atoms with E-state index < -0.39 is 21.2 Å². The average Bonchev–Trinajstić information content (AvgIpc) is 3.50. The van der Waals surface area contributed by atoms with Gasteiger partial charge in [0.05, 0.1) is 18.0 Å². The predicted molar refractivity (Wildman–Crippen MR) is 139 cm³/mol. The van der Waals surface area contributed by atoms with Crippen LogP contribution in [0.3, 0.4) is 0 Å². The second-order valence-corrected chi connectivity index (χ2v) is 12.6. The van der Waals surface area contributed by atoms with Gasteiger partial charge in [-0.3, -0.25) is 0 Å². The number of anilines is 3. The van der Waals surface area contributed by atoms with Crippen molar-refractivity contribution in [3.8, 4) is 5.75 Å². The van der Waals surface area contributed by atoms with E-state index in [1.165, 1.54) is 14.6 Å². The minimum atomic E-state index is -3.85. The summed E-state index contributed by atoms with van der Waals surface area (Å²) in [5.41, 5.74) is 1.30. The quantitative estimate of drug-likeness (QED) is 0.309. The zero-order valence-corrected chi connectivity index (χ0v) is 23.4. The van der Waals surface area contributed by atoms with Gasteiger partial charge in [-0.1, -0.05) is 41.5 Å². The summed E-state index contributed by atoms with van der Waals surface area (Å²) in [5.74, 6) is 1.25. The number of nitrogens with one attached hydrogen (secondary N) is 1. The molecule has 194 valence electrons. The maximum atomic E-state index is 12.9. The van der Waals surface area contributed by atoms with E-state index in [2.05, 4.69) is 27.9 Å². The van der Waals surface area contributed by atoms with Gasteiger partial charge in [0.25, 0.3) is 10.0 Å². The summed E-state index contributed by atoms with van der Waals surface area (Å²) in [6.45, 7) is 12.3. The van der Waals surface area contributed by atoms with E-state index in [0.717, 1.165) is 22.7 Å². The number of hydrogen-bond donors (Lipinski definition) is 2. The zero-order chi connectivity index (χ0) is 26.1. The second-order valence-electron chi connectivity index (χ2n) is 8.79. The first-order valence-corrected chi connectivity index (χ1v) is 14.8. The van der Waals surface area contributed by atoms with Crippen molar-refractivity contribution in [3.05, 3.63) is 29.0 Å². The fourth-order valence-corrected chi connectivity index (χ4v) is 7.26. The van der Waals surface area contributed by atoms with E-state index in [4.69, 9.17) is 4.42 Å². The Morgan fingerprint density at radius 1 is 1.23 bits per heavy atom. The summed E-state index contributed by atoms with van der Waals surface area (Å²) in [4.78, 5) is 1.49. The fourth-order valence-electron chi connectivity index (χ4n) is 3.66. The van der Waals surface area contributed by atoms with Gasteiger partial charge in [-0.25, -0.2) is 8.42 Å². The molecule has 0 aromatic carbocycles. The van der Waals surface area contributed by atoms with Crippen LogP contribution in [-0.4, -0.2) is 51.3 Å². The smallest absolute Gasteiger partial charge is 0.256 e. The number of thiophene rings is 1. The van der Waals surface area contributed by atoms with Gasteiger partial charge < -0.3 is 24.3 Å². The molecule has 13 heteroatoms. The maximum Gasteiger partial charge on any atom is 0.256 e. The van der Waals surface area contributed by atoms with Gasteiger partial charge >= 0.3 is 0 Å². The van der Waals surface area contributed by atoms with Crippen LogP contribution in [0.15, 0.2) is 26.3 Å². The molecule has 0 saturated carbocycles. The molecule has 3 heterocycles. The molecular weight excluding hydrogens is 510 g/mol. The fraction of sp³-hybridized carbons (Fsp3) is 0.545. The van der Waals surface area contributed by atoms with Crippen molar-refractivity contribution >= 4 is 49.8 Å². The van der Waals surface area contributed by atoms with Gasteiger partial charge in [0, 0.05) is 34.3 Å². The van der Waals surface area contributed by atoms with E-state index in [1.54, 1.807) is 27.2 Å². The number of hydrogen-bond acceptors (Lipinski definition) is 10. The third-order valence-corrected chi connectivity index (χ3v) is 9.99. The van der Waals surface area contributed by atoms with Crippen molar-refractivity contribution in [2.45, 2.75) is 57.7 Å². The van der Waals surface area contributed by atoms with Gasteiger partial charge in [0.2, 0.25) is 11.6 Å². The molecule has 35 heavy (non-hydrogen) atoms. The van der Waals surface area contributed by atoms with Crippen molar-refractivity contribution in [2.75, 3.05) is 30.4 Å². The molecule has 0 fully saturated rings. The molecule has 2 atom stereocenters. The van der Waals surface area contributed by atoms with Crippen molar-refractivity contribution in [3.63, 3.8) is 0 Å². The van der Waals surface area contributed by atoms with E-state index >= 15 is 0 Å². The molecule has 2 N–H and O–H groups in total. The highest BCUT2D eigenvalue weighted by atomic mass is 32.2. The largest absolute Gasteiger partial charge is 0.546 e. The molecule has 0 spiro atoms.